The monoisotopic (exact) mass is 346 g/mol. The molecule has 0 aromatic carbocycles. The molecule has 0 fully saturated rings. The number of nitrogens with zero attached hydrogens (tertiary/aromatic N) is 5. The third-order valence-corrected chi connectivity index (χ3v) is 2.86. The molecule has 1 unspecified atom stereocenters. The van der Waals surface area contributed by atoms with Crippen LogP contribution in [-0.4, -0.2) is 53.6 Å². The van der Waals surface area contributed by atoms with E-state index in [0.29, 0.717) is 4.57 Å². The van der Waals surface area contributed by atoms with Crippen LogP contribution in [0.4, 0.5) is 11.9 Å². The quantitative estimate of drug-likeness (QED) is 0.352. The van der Waals surface area contributed by atoms with E-state index in [4.69, 9.17) is 0 Å². The lowest BCUT2D eigenvalue weighted by Crippen LogP contribution is -2.13. The van der Waals surface area contributed by atoms with Gasteiger partial charge >= 0.3 is 5.97 Å². The minimum Gasteiger partial charge on any atom is -0.504 e. The van der Waals surface area contributed by atoms with Crippen molar-refractivity contribution in [2.75, 3.05) is 11.8 Å². The van der Waals surface area contributed by atoms with Crippen LogP contribution in [0.2, 0.25) is 0 Å². The molecule has 2 rings (SSSR count). The van der Waals surface area contributed by atoms with Crippen molar-refractivity contribution < 1.29 is 32.6 Å². The summed E-state index contributed by atoms with van der Waals surface area (Å²) in [7, 11) is -1.89. The third-order valence-electron chi connectivity index (χ3n) is 2.48. The molecule has 0 bridgehead atoms. The van der Waals surface area contributed by atoms with E-state index in [-0.39, 0.29) is 0 Å². The van der Waals surface area contributed by atoms with Crippen LogP contribution in [0.3, 0.4) is 0 Å². The molecule has 0 saturated heterocycles. The van der Waals surface area contributed by atoms with Gasteiger partial charge in [-0.05, 0) is 0 Å². The van der Waals surface area contributed by atoms with Gasteiger partial charge in [-0.3, -0.25) is 9.52 Å². The molecule has 0 spiro atoms. The van der Waals surface area contributed by atoms with Crippen molar-refractivity contribution in [2.45, 2.75) is 13.2 Å². The van der Waals surface area contributed by atoms with Gasteiger partial charge < -0.3 is 14.6 Å². The highest BCUT2D eigenvalue weighted by atomic mass is 32.2. The fraction of sp³-hybridized carbons (Fsp3) is 0.333. The number of hydrogen-bond acceptors (Lipinski definition) is 11. The smallest absolute Gasteiger partial charge is 0.365 e. The minimum atomic E-state index is -3.08. The number of carbonyl (C=O) groups excluding carboxylic acids is 2. The number of nitrogens with one attached hydrogen (secondary N) is 1. The van der Waals surface area contributed by atoms with Crippen LogP contribution in [0, 0.1) is 0 Å². The van der Waals surface area contributed by atoms with E-state index in [1.165, 1.54) is 7.11 Å². The summed E-state index contributed by atoms with van der Waals surface area (Å²) in [5, 5.41) is 23.4. The molecule has 23 heavy (non-hydrogen) atoms. The van der Waals surface area contributed by atoms with Crippen molar-refractivity contribution in [1.29, 1.82) is 0 Å². The Kier molecular flexibility index (Phi) is 4.65. The number of azo groups is 1. The topological polar surface area (TPSA) is 174 Å². The Morgan fingerprint density at radius 3 is 2.65 bits per heavy atom. The molecule has 1 aromatic rings. The summed E-state index contributed by atoms with van der Waals surface area (Å²) in [6.07, 6.45) is -1.30. The molecule has 0 saturated carbocycles. The largest absolute Gasteiger partial charge is 0.504 e. The number of thiol groups is 1. The van der Waals surface area contributed by atoms with E-state index in [1.54, 1.807) is 0 Å². The molecule has 14 heteroatoms. The highest BCUT2D eigenvalue weighted by Gasteiger charge is 2.35. The van der Waals surface area contributed by atoms with Crippen molar-refractivity contribution in [2.24, 2.45) is 10.2 Å². The molecule has 1 aliphatic rings. The number of aliphatic hydroxyl groups excluding tert-OH is 1. The Morgan fingerprint density at radius 2 is 2.13 bits per heavy atom. The lowest BCUT2D eigenvalue weighted by molar-refractivity contribution is -0.158. The second-order valence-corrected chi connectivity index (χ2v) is 4.69. The number of aliphatic hydroxyl groups is 1. The summed E-state index contributed by atoms with van der Waals surface area (Å²) in [6.45, 7) is 1.10. The first-order valence-electron chi connectivity index (χ1n) is 5.81. The standard InChI is InChI=1S/C9H10N6O7S/c1-3(16)15-8(12-13-9(15)14-23(19)20)11-10-4-5(17)7(21-2)22-6(4)18/h7,17,23H,1-2H3,(H,13,14,19,20). The van der Waals surface area contributed by atoms with E-state index >= 15 is 0 Å². The van der Waals surface area contributed by atoms with Gasteiger partial charge in [-0.15, -0.1) is 20.4 Å². The van der Waals surface area contributed by atoms with E-state index in [9.17, 15) is 23.1 Å². The molecule has 13 nitrogen and oxygen atoms in total. The van der Waals surface area contributed by atoms with Gasteiger partial charge in [-0.25, -0.2) is 17.8 Å². The highest BCUT2D eigenvalue weighted by Crippen LogP contribution is 2.24. The SMILES string of the molecule is COC1OC(=O)C(N=Nc2nnc(N[SH](=O)=O)n2C(C)=O)=C1O. The Bertz CT molecular complexity index is 786. The molecule has 0 amide bonds. The van der Waals surface area contributed by atoms with E-state index < -0.39 is 52.4 Å². The molecule has 1 aromatic heterocycles. The fourth-order valence-electron chi connectivity index (χ4n) is 1.56. The predicted molar refractivity (Wildman–Crippen MR) is 71.3 cm³/mol. The van der Waals surface area contributed by atoms with Crippen molar-refractivity contribution in [1.82, 2.24) is 14.8 Å². The van der Waals surface area contributed by atoms with E-state index in [0.717, 1.165) is 6.92 Å². The normalized spacial score (nSPS) is 18.0. The van der Waals surface area contributed by atoms with Crippen molar-refractivity contribution in [3.8, 4) is 0 Å². The third kappa shape index (κ3) is 3.32. The van der Waals surface area contributed by atoms with Crippen LogP contribution in [-0.2, 0) is 25.2 Å². The lowest BCUT2D eigenvalue weighted by Gasteiger charge is -2.05. The maximum absolute atomic E-state index is 11.5. The highest BCUT2D eigenvalue weighted by molar-refractivity contribution is 7.73. The first-order chi connectivity index (χ1) is 10.8. The van der Waals surface area contributed by atoms with Crippen LogP contribution < -0.4 is 4.72 Å². The molecule has 0 radical (unpaired) electrons. The molecular weight excluding hydrogens is 336 g/mol. The maximum Gasteiger partial charge on any atom is 0.365 e. The molecule has 2 N–H and O–H groups in total. The first kappa shape index (κ1) is 16.5. The Hall–Kier alpha value is -2.87. The zero-order chi connectivity index (χ0) is 17.1. The van der Waals surface area contributed by atoms with Gasteiger partial charge in [0.05, 0.1) is 0 Å². The number of carbonyl (C=O) groups is 2. The summed E-state index contributed by atoms with van der Waals surface area (Å²) in [4.78, 5) is 23.0. The lowest BCUT2D eigenvalue weighted by atomic mass is 10.4. The van der Waals surface area contributed by atoms with Crippen molar-refractivity contribution in [3.63, 3.8) is 0 Å². The van der Waals surface area contributed by atoms with Crippen LogP contribution in [0.5, 0.6) is 0 Å². The number of cyclic esters (lactones) is 1. The summed E-state index contributed by atoms with van der Waals surface area (Å²) >= 11 is 0. The first-order valence-corrected chi connectivity index (χ1v) is 6.99. The van der Waals surface area contributed by atoms with Crippen LogP contribution in [0.15, 0.2) is 21.7 Å². The summed E-state index contributed by atoms with van der Waals surface area (Å²) in [5.74, 6) is -3.07. The van der Waals surface area contributed by atoms with Gasteiger partial charge in [0.25, 0.3) is 12.2 Å². The van der Waals surface area contributed by atoms with Gasteiger partial charge in [-0.1, -0.05) is 0 Å². The molecular formula is C9H10N6O7S. The van der Waals surface area contributed by atoms with Crippen LogP contribution >= 0.6 is 0 Å². The Morgan fingerprint density at radius 1 is 1.43 bits per heavy atom. The molecule has 124 valence electrons. The molecule has 1 atom stereocenters. The molecule has 1 aliphatic heterocycles. The van der Waals surface area contributed by atoms with Gasteiger partial charge in [0.2, 0.25) is 28.4 Å². The van der Waals surface area contributed by atoms with E-state index in [1.807, 2.05) is 4.72 Å². The second kappa shape index (κ2) is 6.49. The van der Waals surface area contributed by atoms with Gasteiger partial charge in [0.15, 0.2) is 5.76 Å². The number of methoxy groups -OCH3 is 1. The van der Waals surface area contributed by atoms with Gasteiger partial charge in [0, 0.05) is 14.0 Å². The van der Waals surface area contributed by atoms with Gasteiger partial charge in [-0.2, -0.15) is 0 Å². The number of anilines is 1. The summed E-state index contributed by atoms with van der Waals surface area (Å²) in [6, 6.07) is 0. The Balaban J connectivity index is 2.37. The molecule has 2 heterocycles. The zero-order valence-corrected chi connectivity index (χ0v) is 12.6. The fourth-order valence-corrected chi connectivity index (χ4v) is 1.86. The number of rotatable bonds is 5. The average molecular weight is 346 g/mol. The minimum absolute atomic E-state index is 0.399. The molecule has 0 aliphatic carbocycles. The van der Waals surface area contributed by atoms with Crippen molar-refractivity contribution >= 4 is 34.7 Å². The zero-order valence-electron chi connectivity index (χ0n) is 11.7. The second-order valence-electron chi connectivity index (χ2n) is 3.95. The summed E-state index contributed by atoms with van der Waals surface area (Å²) in [5.41, 5.74) is -0.542. The predicted octanol–water partition coefficient (Wildman–Crippen LogP) is -0.741. The van der Waals surface area contributed by atoms with Gasteiger partial charge in [0.1, 0.15) is 0 Å². The van der Waals surface area contributed by atoms with Crippen molar-refractivity contribution in [3.05, 3.63) is 11.5 Å². The van der Waals surface area contributed by atoms with Crippen LogP contribution in [0.25, 0.3) is 0 Å². The van der Waals surface area contributed by atoms with Crippen LogP contribution in [0.1, 0.15) is 11.7 Å². The maximum atomic E-state index is 11.5. The number of ether oxygens (including phenoxy) is 2. The summed E-state index contributed by atoms with van der Waals surface area (Å²) < 4.78 is 33.2. The Labute approximate surface area is 129 Å². The number of aromatic nitrogens is 3. The van der Waals surface area contributed by atoms with E-state index in [2.05, 4.69) is 29.9 Å². The number of esters is 1. The number of hydrogen-bond donors (Lipinski definition) is 3. The average Bonchev–Trinajstić information content (AvgIpc) is 2.97.